The van der Waals surface area contributed by atoms with Crippen LogP contribution in [-0.4, -0.2) is 45.2 Å². The first-order valence-electron chi connectivity index (χ1n) is 5.94. The molecule has 1 aliphatic heterocycles. The maximum Gasteiger partial charge on any atom is 0.411 e. The molecule has 0 aromatic rings. The van der Waals surface area contributed by atoms with Crippen LogP contribution in [0, 0.1) is 5.92 Å². The third-order valence-corrected chi connectivity index (χ3v) is 2.78. The molecular weight excluding hydrogens is 235 g/mol. The molecule has 0 radical (unpaired) electrons. The fourth-order valence-electron chi connectivity index (χ4n) is 1.83. The van der Waals surface area contributed by atoms with E-state index >= 15 is 0 Å². The third-order valence-electron chi connectivity index (χ3n) is 2.78. The Labute approximate surface area is 99.7 Å². The summed E-state index contributed by atoms with van der Waals surface area (Å²) in [5.74, 6) is 0.458. The van der Waals surface area contributed by atoms with Crippen LogP contribution in [0.2, 0.25) is 0 Å². The summed E-state index contributed by atoms with van der Waals surface area (Å²) in [5.41, 5.74) is 0. The topological polar surface area (TPSA) is 30.5 Å². The predicted octanol–water partition coefficient (Wildman–Crippen LogP) is 1.97. The predicted molar refractivity (Wildman–Crippen MR) is 57.9 cm³/mol. The molecule has 1 aliphatic rings. The fraction of sp³-hybridized carbons (Fsp3) is 1.00. The van der Waals surface area contributed by atoms with Gasteiger partial charge in [0.25, 0.3) is 0 Å². The van der Waals surface area contributed by atoms with Gasteiger partial charge < -0.3 is 14.8 Å². The van der Waals surface area contributed by atoms with E-state index in [0.717, 1.165) is 19.6 Å². The molecule has 6 heteroatoms. The Balaban J connectivity index is 1.96. The molecule has 1 fully saturated rings. The van der Waals surface area contributed by atoms with Crippen molar-refractivity contribution in [1.29, 1.82) is 0 Å². The minimum absolute atomic E-state index is 0.143. The highest BCUT2D eigenvalue weighted by Gasteiger charge is 2.27. The summed E-state index contributed by atoms with van der Waals surface area (Å²) >= 11 is 0. The lowest BCUT2D eigenvalue weighted by molar-refractivity contribution is -0.174. The Kier molecular flexibility index (Phi) is 6.22. The molecule has 1 heterocycles. The second kappa shape index (κ2) is 7.18. The maximum absolute atomic E-state index is 11.8. The van der Waals surface area contributed by atoms with E-state index in [-0.39, 0.29) is 6.61 Å². The number of hydrogen-bond donors (Lipinski definition) is 1. The molecule has 0 aliphatic carbocycles. The first-order valence-corrected chi connectivity index (χ1v) is 5.94. The van der Waals surface area contributed by atoms with Crippen LogP contribution in [-0.2, 0) is 9.47 Å². The molecule has 0 bridgehead atoms. The van der Waals surface area contributed by atoms with Crippen molar-refractivity contribution in [3.05, 3.63) is 0 Å². The number of hydrogen-bond acceptors (Lipinski definition) is 3. The van der Waals surface area contributed by atoms with Crippen molar-refractivity contribution in [2.45, 2.75) is 32.0 Å². The van der Waals surface area contributed by atoms with Crippen LogP contribution in [0.1, 0.15) is 19.8 Å². The molecule has 0 spiro atoms. The molecule has 2 unspecified atom stereocenters. The second-order valence-corrected chi connectivity index (χ2v) is 4.42. The van der Waals surface area contributed by atoms with E-state index in [1.54, 1.807) is 0 Å². The lowest BCUT2D eigenvalue weighted by Gasteiger charge is -2.29. The van der Waals surface area contributed by atoms with Gasteiger partial charge in [-0.3, -0.25) is 0 Å². The molecule has 0 amide bonds. The van der Waals surface area contributed by atoms with Crippen molar-refractivity contribution in [2.75, 3.05) is 33.0 Å². The van der Waals surface area contributed by atoms with Gasteiger partial charge >= 0.3 is 6.18 Å². The summed E-state index contributed by atoms with van der Waals surface area (Å²) in [6.45, 7) is 3.30. The zero-order valence-electron chi connectivity index (χ0n) is 10.1. The minimum Gasteiger partial charge on any atom is -0.381 e. The molecule has 0 saturated carbocycles. The van der Waals surface area contributed by atoms with Gasteiger partial charge in [0.15, 0.2) is 0 Å². The van der Waals surface area contributed by atoms with E-state index < -0.39 is 12.8 Å². The van der Waals surface area contributed by atoms with Gasteiger partial charge in [-0.1, -0.05) is 6.92 Å². The SMILES string of the molecule is CC1COCCC1NCCCOCC(F)(F)F. The third kappa shape index (κ3) is 6.85. The highest BCUT2D eigenvalue weighted by Crippen LogP contribution is 2.15. The number of ether oxygens (including phenoxy) is 2. The first-order chi connectivity index (χ1) is 7.99. The van der Waals surface area contributed by atoms with Gasteiger partial charge in [-0.25, -0.2) is 0 Å². The summed E-state index contributed by atoms with van der Waals surface area (Å²) in [7, 11) is 0. The summed E-state index contributed by atoms with van der Waals surface area (Å²) in [6.07, 6.45) is -2.66. The fourth-order valence-corrected chi connectivity index (χ4v) is 1.83. The van der Waals surface area contributed by atoms with Crippen LogP contribution in [0.15, 0.2) is 0 Å². The molecule has 102 valence electrons. The lowest BCUT2D eigenvalue weighted by Crippen LogP contribution is -2.42. The van der Waals surface area contributed by atoms with Gasteiger partial charge in [-0.05, 0) is 25.3 Å². The van der Waals surface area contributed by atoms with E-state index in [1.807, 2.05) is 0 Å². The van der Waals surface area contributed by atoms with Crippen molar-refractivity contribution >= 4 is 0 Å². The monoisotopic (exact) mass is 255 g/mol. The summed E-state index contributed by atoms with van der Waals surface area (Å²) < 4.78 is 45.1. The molecule has 0 aromatic heterocycles. The number of alkyl halides is 3. The maximum atomic E-state index is 11.8. The van der Waals surface area contributed by atoms with Gasteiger partial charge in [0.2, 0.25) is 0 Å². The molecule has 2 atom stereocenters. The van der Waals surface area contributed by atoms with Crippen LogP contribution in [0.3, 0.4) is 0 Å². The molecule has 1 saturated heterocycles. The Morgan fingerprint density at radius 2 is 2.18 bits per heavy atom. The number of rotatable bonds is 6. The Morgan fingerprint density at radius 1 is 1.41 bits per heavy atom. The number of nitrogens with one attached hydrogen (secondary N) is 1. The normalized spacial score (nSPS) is 26.1. The van der Waals surface area contributed by atoms with E-state index in [0.29, 0.717) is 24.9 Å². The first kappa shape index (κ1) is 14.7. The van der Waals surface area contributed by atoms with Crippen molar-refractivity contribution in [2.24, 2.45) is 5.92 Å². The lowest BCUT2D eigenvalue weighted by atomic mass is 9.98. The van der Waals surface area contributed by atoms with E-state index in [4.69, 9.17) is 4.74 Å². The summed E-state index contributed by atoms with van der Waals surface area (Å²) in [4.78, 5) is 0. The zero-order chi connectivity index (χ0) is 12.7. The van der Waals surface area contributed by atoms with Crippen molar-refractivity contribution in [3.8, 4) is 0 Å². The van der Waals surface area contributed by atoms with Crippen LogP contribution < -0.4 is 5.32 Å². The molecule has 1 N–H and O–H groups in total. The van der Waals surface area contributed by atoms with Crippen molar-refractivity contribution in [1.82, 2.24) is 5.32 Å². The quantitative estimate of drug-likeness (QED) is 0.736. The molecule has 0 aromatic carbocycles. The van der Waals surface area contributed by atoms with E-state index in [9.17, 15) is 13.2 Å². The van der Waals surface area contributed by atoms with Crippen LogP contribution in [0.4, 0.5) is 13.2 Å². The van der Waals surface area contributed by atoms with Gasteiger partial charge in [0, 0.05) is 19.3 Å². The Hall–Kier alpha value is -0.330. The van der Waals surface area contributed by atoms with Gasteiger partial charge in [-0.2, -0.15) is 13.2 Å². The molecule has 3 nitrogen and oxygen atoms in total. The standard InChI is InChI=1S/C11H20F3NO2/c1-9-7-16-6-3-10(9)15-4-2-5-17-8-11(12,13)14/h9-10,15H,2-8H2,1H3. The summed E-state index contributed by atoms with van der Waals surface area (Å²) in [5, 5.41) is 3.33. The van der Waals surface area contributed by atoms with Gasteiger partial charge in [0.05, 0.1) is 6.61 Å². The van der Waals surface area contributed by atoms with E-state index in [2.05, 4.69) is 17.0 Å². The van der Waals surface area contributed by atoms with Crippen molar-refractivity contribution < 1.29 is 22.6 Å². The molecule has 17 heavy (non-hydrogen) atoms. The highest BCUT2D eigenvalue weighted by atomic mass is 19.4. The van der Waals surface area contributed by atoms with Crippen LogP contribution in [0.5, 0.6) is 0 Å². The Morgan fingerprint density at radius 3 is 2.82 bits per heavy atom. The smallest absolute Gasteiger partial charge is 0.381 e. The zero-order valence-corrected chi connectivity index (χ0v) is 10.1. The van der Waals surface area contributed by atoms with Gasteiger partial charge in [-0.15, -0.1) is 0 Å². The average Bonchev–Trinajstić information content (AvgIpc) is 2.24. The van der Waals surface area contributed by atoms with Crippen LogP contribution >= 0.6 is 0 Å². The number of halogens is 3. The molecular formula is C11H20F3NO2. The van der Waals surface area contributed by atoms with Gasteiger partial charge in [0.1, 0.15) is 6.61 Å². The molecule has 1 rings (SSSR count). The largest absolute Gasteiger partial charge is 0.411 e. The van der Waals surface area contributed by atoms with Crippen LogP contribution in [0.25, 0.3) is 0 Å². The highest BCUT2D eigenvalue weighted by molar-refractivity contribution is 4.76. The Bertz CT molecular complexity index is 211. The van der Waals surface area contributed by atoms with E-state index in [1.165, 1.54) is 0 Å². The second-order valence-electron chi connectivity index (χ2n) is 4.42. The van der Waals surface area contributed by atoms with Crippen molar-refractivity contribution in [3.63, 3.8) is 0 Å². The minimum atomic E-state index is -4.22. The average molecular weight is 255 g/mol. The summed E-state index contributed by atoms with van der Waals surface area (Å²) in [6, 6.07) is 0.409.